The maximum absolute atomic E-state index is 13.0. The Morgan fingerprint density at radius 1 is 1.63 bits per heavy atom. The standard InChI is InChI=1S/C13H12BrFN2OS/c1-18-7-12(8-2-3-8)11-6-17(19-15)13-10(11)4-9(14)5-16-13/h4-8H,2-3H2,1H3/b12-7+. The minimum Gasteiger partial charge on any atom is -0.504 e. The lowest BCUT2D eigenvalue weighted by atomic mass is 10.0. The second-order valence-corrected chi connectivity index (χ2v) is 5.99. The van der Waals surface area contributed by atoms with Crippen molar-refractivity contribution in [3.8, 4) is 0 Å². The first-order chi connectivity index (χ1) is 9.24. The maximum atomic E-state index is 13.0. The summed E-state index contributed by atoms with van der Waals surface area (Å²) in [5.41, 5.74) is 2.76. The molecule has 1 aliphatic carbocycles. The van der Waals surface area contributed by atoms with E-state index in [1.165, 1.54) is 3.97 Å². The molecule has 3 nitrogen and oxygen atoms in total. The second-order valence-electron chi connectivity index (χ2n) is 4.55. The normalized spacial score (nSPS) is 16.1. The van der Waals surface area contributed by atoms with Gasteiger partial charge in [0.1, 0.15) is 0 Å². The third-order valence-corrected chi connectivity index (χ3v) is 4.09. The number of hydrogen-bond donors (Lipinski definition) is 0. The molecular weight excluding hydrogens is 331 g/mol. The van der Waals surface area contributed by atoms with Crippen LogP contribution in [0.15, 0.2) is 29.2 Å². The van der Waals surface area contributed by atoms with Gasteiger partial charge in [0.05, 0.1) is 13.4 Å². The molecule has 0 saturated heterocycles. The second kappa shape index (κ2) is 5.17. The van der Waals surface area contributed by atoms with Gasteiger partial charge < -0.3 is 4.74 Å². The molecule has 0 atom stereocenters. The van der Waals surface area contributed by atoms with Crippen molar-refractivity contribution in [3.63, 3.8) is 0 Å². The van der Waals surface area contributed by atoms with Gasteiger partial charge in [0.25, 0.3) is 0 Å². The first-order valence-corrected chi connectivity index (χ1v) is 7.40. The van der Waals surface area contributed by atoms with Gasteiger partial charge in [-0.3, -0.25) is 0 Å². The van der Waals surface area contributed by atoms with E-state index in [0.717, 1.165) is 33.8 Å². The summed E-state index contributed by atoms with van der Waals surface area (Å²) in [6, 6.07) is 1.97. The fraction of sp³-hybridized carbons (Fsp3) is 0.308. The molecule has 1 fully saturated rings. The number of rotatable bonds is 4. The molecule has 0 spiro atoms. The van der Waals surface area contributed by atoms with Crippen LogP contribution < -0.4 is 0 Å². The smallest absolute Gasteiger partial charge is 0.171 e. The third-order valence-electron chi connectivity index (χ3n) is 3.23. The molecule has 6 heteroatoms. The zero-order valence-corrected chi connectivity index (χ0v) is 12.7. The van der Waals surface area contributed by atoms with Gasteiger partial charge in [-0.15, -0.1) is 3.89 Å². The van der Waals surface area contributed by atoms with Crippen molar-refractivity contribution in [2.75, 3.05) is 7.11 Å². The van der Waals surface area contributed by atoms with Crippen LogP contribution in [-0.2, 0) is 4.74 Å². The average Bonchev–Trinajstić information content (AvgIpc) is 3.18. The molecule has 1 aliphatic rings. The first kappa shape index (κ1) is 13.0. The van der Waals surface area contributed by atoms with Gasteiger partial charge in [0.15, 0.2) is 18.0 Å². The SMILES string of the molecule is CO/C=C(/c1cn(SF)c2ncc(Br)cc12)C1CC1. The highest BCUT2D eigenvalue weighted by atomic mass is 79.9. The zero-order chi connectivity index (χ0) is 13.4. The molecule has 2 heterocycles. The van der Waals surface area contributed by atoms with Crippen molar-refractivity contribution in [2.24, 2.45) is 5.92 Å². The van der Waals surface area contributed by atoms with Crippen LogP contribution in [0.4, 0.5) is 3.89 Å². The number of ether oxygens (including phenoxy) is 1. The highest BCUT2D eigenvalue weighted by Gasteiger charge is 2.29. The van der Waals surface area contributed by atoms with E-state index < -0.39 is 0 Å². The molecule has 1 saturated carbocycles. The molecular formula is C13H12BrFN2OS. The lowest BCUT2D eigenvalue weighted by Crippen LogP contribution is -1.87. The highest BCUT2D eigenvalue weighted by Crippen LogP contribution is 2.44. The quantitative estimate of drug-likeness (QED) is 0.761. The number of fused-ring (bicyclic) bond motifs is 1. The van der Waals surface area contributed by atoms with Crippen molar-refractivity contribution < 1.29 is 8.62 Å². The summed E-state index contributed by atoms with van der Waals surface area (Å²) in [5, 5.41) is 0.940. The molecule has 0 bridgehead atoms. The molecule has 19 heavy (non-hydrogen) atoms. The van der Waals surface area contributed by atoms with Crippen LogP contribution in [0.1, 0.15) is 18.4 Å². The third kappa shape index (κ3) is 2.39. The minimum absolute atomic E-state index is 0.163. The number of hydrogen-bond acceptors (Lipinski definition) is 3. The summed E-state index contributed by atoms with van der Waals surface area (Å²) in [5.74, 6) is 0.516. The van der Waals surface area contributed by atoms with Crippen molar-refractivity contribution >= 4 is 44.9 Å². The summed E-state index contributed by atoms with van der Waals surface area (Å²) in [6.07, 6.45) is 7.55. The largest absolute Gasteiger partial charge is 0.504 e. The fourth-order valence-electron chi connectivity index (χ4n) is 2.24. The summed E-state index contributed by atoms with van der Waals surface area (Å²) >= 11 is 3.58. The Labute approximate surface area is 123 Å². The van der Waals surface area contributed by atoms with Crippen molar-refractivity contribution in [1.82, 2.24) is 8.96 Å². The summed E-state index contributed by atoms with van der Waals surface area (Å²) in [4.78, 5) is 4.28. The minimum atomic E-state index is 0.163. The molecule has 0 N–H and O–H groups in total. The van der Waals surface area contributed by atoms with Crippen LogP contribution in [0.3, 0.4) is 0 Å². The highest BCUT2D eigenvalue weighted by molar-refractivity contribution is 9.10. The van der Waals surface area contributed by atoms with Gasteiger partial charge in [-0.25, -0.2) is 8.96 Å². The lowest BCUT2D eigenvalue weighted by Gasteiger charge is -2.04. The van der Waals surface area contributed by atoms with Gasteiger partial charge >= 0.3 is 0 Å². The Balaban J connectivity index is 2.21. The Bertz CT molecular complexity index is 651. The van der Waals surface area contributed by atoms with Crippen LogP contribution >= 0.6 is 28.3 Å². The van der Waals surface area contributed by atoms with E-state index in [1.54, 1.807) is 25.8 Å². The van der Waals surface area contributed by atoms with Gasteiger partial charge in [-0.2, -0.15) is 0 Å². The zero-order valence-electron chi connectivity index (χ0n) is 10.3. The lowest BCUT2D eigenvalue weighted by molar-refractivity contribution is 0.338. The summed E-state index contributed by atoms with van der Waals surface area (Å²) in [7, 11) is 1.64. The predicted octanol–water partition coefficient (Wildman–Crippen LogP) is 4.58. The van der Waals surface area contributed by atoms with Crippen LogP contribution in [0.2, 0.25) is 0 Å². The number of nitrogens with zero attached hydrogens (tertiary/aromatic N) is 2. The van der Waals surface area contributed by atoms with Crippen LogP contribution in [0, 0.1) is 5.92 Å². The Morgan fingerprint density at radius 3 is 3.05 bits per heavy atom. The van der Waals surface area contributed by atoms with Crippen LogP contribution in [0.5, 0.6) is 0 Å². The predicted molar refractivity (Wildman–Crippen MR) is 79.2 cm³/mol. The molecule has 0 amide bonds. The van der Waals surface area contributed by atoms with Crippen molar-refractivity contribution in [3.05, 3.63) is 34.8 Å². The first-order valence-electron chi connectivity index (χ1n) is 5.93. The number of methoxy groups -OCH3 is 1. The van der Waals surface area contributed by atoms with E-state index in [1.807, 2.05) is 6.07 Å². The fourth-order valence-corrected chi connectivity index (χ4v) is 2.92. The average molecular weight is 343 g/mol. The topological polar surface area (TPSA) is 27.1 Å². The van der Waals surface area contributed by atoms with Gasteiger partial charge in [-0.1, -0.05) is 0 Å². The summed E-state index contributed by atoms with van der Waals surface area (Å²) in [6.45, 7) is 0. The van der Waals surface area contributed by atoms with E-state index in [2.05, 4.69) is 20.9 Å². The molecule has 0 aliphatic heterocycles. The molecule has 0 radical (unpaired) electrons. The molecule has 0 unspecified atom stereocenters. The van der Waals surface area contributed by atoms with Crippen molar-refractivity contribution in [2.45, 2.75) is 12.8 Å². The molecule has 0 aromatic carbocycles. The van der Waals surface area contributed by atoms with E-state index in [-0.39, 0.29) is 12.3 Å². The maximum Gasteiger partial charge on any atom is 0.171 e. The monoisotopic (exact) mass is 342 g/mol. The molecule has 3 rings (SSSR count). The Hall–Kier alpha value is -1.01. The Kier molecular flexibility index (Phi) is 3.54. The van der Waals surface area contributed by atoms with Crippen LogP contribution in [-0.4, -0.2) is 16.1 Å². The van der Waals surface area contributed by atoms with Crippen LogP contribution in [0.25, 0.3) is 16.6 Å². The Morgan fingerprint density at radius 2 is 2.42 bits per heavy atom. The molecule has 100 valence electrons. The van der Waals surface area contributed by atoms with E-state index in [0.29, 0.717) is 11.6 Å². The number of aromatic nitrogens is 2. The van der Waals surface area contributed by atoms with Gasteiger partial charge in [0.2, 0.25) is 0 Å². The van der Waals surface area contributed by atoms with Crippen molar-refractivity contribution in [1.29, 1.82) is 0 Å². The van der Waals surface area contributed by atoms with E-state index in [9.17, 15) is 3.89 Å². The number of halogens is 2. The number of pyridine rings is 1. The number of allylic oxidation sites excluding steroid dienone is 1. The van der Waals surface area contributed by atoms with E-state index >= 15 is 0 Å². The molecule has 2 aromatic heterocycles. The van der Waals surface area contributed by atoms with Gasteiger partial charge in [0, 0.05) is 27.8 Å². The van der Waals surface area contributed by atoms with Gasteiger partial charge in [-0.05, 0) is 46.3 Å². The summed E-state index contributed by atoms with van der Waals surface area (Å²) < 4.78 is 20.5. The van der Waals surface area contributed by atoms with E-state index in [4.69, 9.17) is 4.74 Å². The molecule has 2 aromatic rings.